The van der Waals surface area contributed by atoms with E-state index in [0.717, 1.165) is 7.11 Å². The molecule has 3 aliphatic heterocycles. The van der Waals surface area contributed by atoms with E-state index in [0.29, 0.717) is 22.3 Å². The molecule has 2 amide bonds. The number of urea groups is 1. The van der Waals surface area contributed by atoms with Gasteiger partial charge in [-0.1, -0.05) is 15.9 Å². The van der Waals surface area contributed by atoms with Gasteiger partial charge in [0.25, 0.3) is 0 Å². The molecule has 1 aromatic carbocycles. The maximum atomic E-state index is 13.5. The Morgan fingerprint density at radius 1 is 1.11 bits per heavy atom. The second-order valence-electron chi connectivity index (χ2n) is 8.58. The Bertz CT molecular complexity index is 1230. The van der Waals surface area contributed by atoms with Crippen molar-refractivity contribution >= 4 is 51.4 Å². The minimum absolute atomic E-state index is 0.0321. The molecule has 3 atom stereocenters. The maximum absolute atomic E-state index is 13.5. The number of hydrogen-bond acceptors (Lipinski definition) is 10. The lowest BCUT2D eigenvalue weighted by atomic mass is 9.69. The number of nitrogens with one attached hydrogen (secondary N) is 1. The average Bonchev–Trinajstić information content (AvgIpc) is 3.40. The first-order valence-electron chi connectivity index (χ1n) is 11.3. The molecule has 4 rings (SSSR count). The van der Waals surface area contributed by atoms with Crippen LogP contribution in [0.15, 0.2) is 34.5 Å². The van der Waals surface area contributed by atoms with E-state index >= 15 is 0 Å². The topological polar surface area (TPSA) is 136 Å². The molecule has 2 unspecified atom stereocenters. The number of carbonyl (C=O) groups is 4. The lowest BCUT2D eigenvalue weighted by Crippen LogP contribution is -2.56. The molecule has 1 N–H and O–H groups in total. The number of likely N-dealkylation sites (tertiary alicyclic amines) is 1. The molecular weight excluding hydrogens is 552 g/mol. The minimum Gasteiger partial charge on any atom is -0.497 e. The molecular formula is C24H27BrN4O8. The summed E-state index contributed by atoms with van der Waals surface area (Å²) in [7, 11) is 6.87. The summed E-state index contributed by atoms with van der Waals surface area (Å²) in [6.07, 6.45) is 0.0321. The first-order valence-corrected chi connectivity index (χ1v) is 12.5. The van der Waals surface area contributed by atoms with Gasteiger partial charge in [-0.05, 0) is 30.2 Å². The van der Waals surface area contributed by atoms with Crippen LogP contribution >= 0.6 is 15.9 Å². The van der Waals surface area contributed by atoms with Crippen molar-refractivity contribution in [2.75, 3.05) is 52.3 Å². The normalized spacial score (nSPS) is 23.5. The van der Waals surface area contributed by atoms with Crippen LogP contribution in [0, 0.1) is 0 Å². The molecule has 37 heavy (non-hydrogen) atoms. The third kappa shape index (κ3) is 3.83. The predicted molar refractivity (Wildman–Crippen MR) is 135 cm³/mol. The Labute approximate surface area is 221 Å². The molecule has 0 aliphatic carbocycles. The summed E-state index contributed by atoms with van der Waals surface area (Å²) in [6.45, 7) is 0.268. The number of nitrogens with zero attached hydrogens (tertiary/aromatic N) is 3. The number of amidine groups is 1. The third-order valence-corrected chi connectivity index (χ3v) is 7.36. The third-order valence-electron chi connectivity index (χ3n) is 6.97. The van der Waals surface area contributed by atoms with Gasteiger partial charge in [0.05, 0.1) is 45.5 Å². The van der Waals surface area contributed by atoms with Crippen LogP contribution in [0.2, 0.25) is 0 Å². The van der Waals surface area contributed by atoms with Gasteiger partial charge in [-0.2, -0.15) is 0 Å². The van der Waals surface area contributed by atoms with Crippen molar-refractivity contribution < 1.29 is 38.1 Å². The highest BCUT2D eigenvalue weighted by Crippen LogP contribution is 2.57. The first kappa shape index (κ1) is 26.5. The van der Waals surface area contributed by atoms with E-state index in [9.17, 15) is 19.2 Å². The number of carbonyl (C=O) groups excluding carboxylic acids is 4. The molecule has 3 aliphatic rings. The van der Waals surface area contributed by atoms with Crippen molar-refractivity contribution in [2.45, 2.75) is 23.9 Å². The van der Waals surface area contributed by atoms with Gasteiger partial charge in [-0.25, -0.2) is 24.2 Å². The summed E-state index contributed by atoms with van der Waals surface area (Å²) in [5.74, 6) is -1.69. The number of ether oxygens (including phenoxy) is 4. The van der Waals surface area contributed by atoms with Crippen LogP contribution in [-0.2, 0) is 34.0 Å². The van der Waals surface area contributed by atoms with Crippen LogP contribution in [0.5, 0.6) is 5.75 Å². The Hall–Kier alpha value is -3.61. The molecule has 0 bridgehead atoms. The SMILES string of the molecule is COC(=O)C1=C(C(=O)OC)C2N(C)c3ccc(OC)cc3[C@@]23CC(C(=O)OC)N(C(=O)NCCBr)C3=N1. The van der Waals surface area contributed by atoms with Gasteiger partial charge in [-0.15, -0.1) is 0 Å². The number of methoxy groups -OCH3 is 4. The van der Waals surface area contributed by atoms with Crippen molar-refractivity contribution in [1.29, 1.82) is 0 Å². The van der Waals surface area contributed by atoms with Crippen LogP contribution in [0.4, 0.5) is 10.5 Å². The number of rotatable bonds is 6. The molecule has 13 heteroatoms. The van der Waals surface area contributed by atoms with Gasteiger partial charge >= 0.3 is 23.9 Å². The fourth-order valence-electron chi connectivity index (χ4n) is 5.50. The highest BCUT2D eigenvalue weighted by atomic mass is 79.9. The van der Waals surface area contributed by atoms with Gasteiger partial charge in [0.15, 0.2) is 5.70 Å². The lowest BCUT2D eigenvalue weighted by Gasteiger charge is -2.39. The smallest absolute Gasteiger partial charge is 0.357 e. The number of likely N-dealkylation sites (N-methyl/N-ethyl adjacent to an activating group) is 1. The Kier molecular flexibility index (Phi) is 7.18. The molecule has 3 heterocycles. The largest absolute Gasteiger partial charge is 0.497 e. The van der Waals surface area contributed by atoms with E-state index in [-0.39, 0.29) is 30.1 Å². The van der Waals surface area contributed by atoms with E-state index in [1.165, 1.54) is 26.2 Å². The maximum Gasteiger partial charge on any atom is 0.357 e. The summed E-state index contributed by atoms with van der Waals surface area (Å²) in [5.41, 5.74) is -0.169. The summed E-state index contributed by atoms with van der Waals surface area (Å²) in [5, 5.41) is 3.21. The molecule has 1 saturated heterocycles. The van der Waals surface area contributed by atoms with E-state index in [1.54, 1.807) is 19.2 Å². The molecule has 12 nitrogen and oxygen atoms in total. The fraction of sp³-hybridized carbons (Fsp3) is 0.458. The number of benzene rings is 1. The second-order valence-corrected chi connectivity index (χ2v) is 9.38. The monoisotopic (exact) mass is 578 g/mol. The Morgan fingerprint density at radius 2 is 1.81 bits per heavy atom. The van der Waals surface area contributed by atoms with Crippen LogP contribution in [0.1, 0.15) is 12.0 Å². The van der Waals surface area contributed by atoms with E-state index in [1.807, 2.05) is 11.0 Å². The molecule has 198 valence electrons. The van der Waals surface area contributed by atoms with Crippen LogP contribution in [-0.4, -0.2) is 94.1 Å². The first-order chi connectivity index (χ1) is 17.7. The summed E-state index contributed by atoms with van der Waals surface area (Å²) in [6, 6.07) is 2.80. The van der Waals surface area contributed by atoms with Crippen molar-refractivity contribution in [1.82, 2.24) is 10.2 Å². The number of fused-ring (bicyclic) bond motifs is 1. The van der Waals surface area contributed by atoms with Crippen molar-refractivity contribution in [3.8, 4) is 5.75 Å². The second kappa shape index (κ2) is 10.0. The number of halogens is 1. The van der Waals surface area contributed by atoms with Gasteiger partial charge < -0.3 is 29.2 Å². The van der Waals surface area contributed by atoms with Crippen molar-refractivity contribution in [3.63, 3.8) is 0 Å². The number of alkyl halides is 1. The number of aliphatic imine (C=N–C) groups is 1. The van der Waals surface area contributed by atoms with E-state index in [4.69, 9.17) is 18.9 Å². The lowest BCUT2D eigenvalue weighted by molar-refractivity contribution is -0.144. The Morgan fingerprint density at radius 3 is 2.41 bits per heavy atom. The molecule has 0 saturated carbocycles. The zero-order valence-electron chi connectivity index (χ0n) is 21.0. The fourth-order valence-corrected chi connectivity index (χ4v) is 5.70. The highest BCUT2D eigenvalue weighted by molar-refractivity contribution is 9.09. The molecule has 1 spiro atoms. The molecule has 1 aromatic rings. The number of hydrogen-bond donors (Lipinski definition) is 1. The number of esters is 3. The molecule has 0 radical (unpaired) electrons. The zero-order valence-corrected chi connectivity index (χ0v) is 22.6. The quantitative estimate of drug-likeness (QED) is 0.299. The number of anilines is 1. The molecule has 1 fully saturated rings. The molecule has 0 aromatic heterocycles. The van der Waals surface area contributed by atoms with Gasteiger partial charge in [0, 0.05) is 24.6 Å². The van der Waals surface area contributed by atoms with E-state index < -0.39 is 41.4 Å². The van der Waals surface area contributed by atoms with Crippen LogP contribution in [0.3, 0.4) is 0 Å². The zero-order chi connectivity index (χ0) is 27.1. The summed E-state index contributed by atoms with van der Waals surface area (Å²) in [4.78, 5) is 60.2. The minimum atomic E-state index is -1.20. The summed E-state index contributed by atoms with van der Waals surface area (Å²) >= 11 is 3.28. The van der Waals surface area contributed by atoms with Crippen LogP contribution in [0.25, 0.3) is 0 Å². The standard InChI is InChI=1S/C24H27BrN4O8/c1-28-14-7-6-12(34-2)10-13(14)24-11-15(19(30)35-3)29(23(33)26-9-8-25)22(24)27-17(21(32)37-5)16(18(24)28)20(31)36-4/h6-7,10,15,18H,8-9,11H2,1-5H3,(H,26,33)/t15?,18?,24-/m0/s1. The highest BCUT2D eigenvalue weighted by Gasteiger charge is 2.67. The predicted octanol–water partition coefficient (Wildman–Crippen LogP) is 1.12. The summed E-state index contributed by atoms with van der Waals surface area (Å²) < 4.78 is 20.5. The van der Waals surface area contributed by atoms with Crippen LogP contribution < -0.4 is 15.0 Å². The number of amides is 2. The van der Waals surface area contributed by atoms with Gasteiger partial charge in [0.1, 0.15) is 17.6 Å². The van der Waals surface area contributed by atoms with E-state index in [2.05, 4.69) is 26.2 Å². The van der Waals surface area contributed by atoms with Gasteiger partial charge in [-0.3, -0.25) is 4.90 Å². The average molecular weight is 579 g/mol. The van der Waals surface area contributed by atoms with Crippen molar-refractivity contribution in [3.05, 3.63) is 35.0 Å². The Balaban J connectivity index is 2.08. The van der Waals surface area contributed by atoms with Crippen molar-refractivity contribution in [2.24, 2.45) is 4.99 Å². The van der Waals surface area contributed by atoms with Gasteiger partial charge in [0.2, 0.25) is 0 Å².